The molecule has 0 aliphatic carbocycles. The van der Waals surface area contributed by atoms with Crippen LogP contribution in [0.5, 0.6) is 0 Å². The highest BCUT2D eigenvalue weighted by molar-refractivity contribution is 7.10. The van der Waals surface area contributed by atoms with Gasteiger partial charge in [-0.05, 0) is 32.3 Å². The van der Waals surface area contributed by atoms with Crippen molar-refractivity contribution in [3.8, 4) is 0 Å². The first kappa shape index (κ1) is 13.0. The molecule has 4 nitrogen and oxygen atoms in total. The second-order valence-corrected chi connectivity index (χ2v) is 4.98. The fraction of sp³-hybridized carbons (Fsp3) is 0.545. The number of thiophene rings is 1. The number of hydrogen-bond donors (Lipinski definition) is 2. The number of rotatable bonds is 5. The molecule has 0 aliphatic heterocycles. The highest BCUT2D eigenvalue weighted by atomic mass is 32.1. The normalized spacial score (nSPS) is 16.4. The molecule has 0 radical (unpaired) electrons. The molecule has 3 N–H and O–H groups in total. The maximum Gasteiger partial charge on any atom is 0.140 e. The van der Waals surface area contributed by atoms with Gasteiger partial charge in [0.1, 0.15) is 5.84 Å². The van der Waals surface area contributed by atoms with E-state index in [1.165, 1.54) is 4.88 Å². The summed E-state index contributed by atoms with van der Waals surface area (Å²) in [6, 6.07) is 4.77. The summed E-state index contributed by atoms with van der Waals surface area (Å²) in [5.74, 6) is 0.276. The van der Waals surface area contributed by atoms with Crippen molar-refractivity contribution in [1.29, 1.82) is 0 Å². The van der Waals surface area contributed by atoms with E-state index < -0.39 is 0 Å². The van der Waals surface area contributed by atoms with Gasteiger partial charge in [-0.25, -0.2) is 0 Å². The average Bonchev–Trinajstić information content (AvgIpc) is 2.80. The van der Waals surface area contributed by atoms with Crippen LogP contribution in [0.3, 0.4) is 0 Å². The van der Waals surface area contributed by atoms with E-state index >= 15 is 0 Å². The number of oxime groups is 1. The van der Waals surface area contributed by atoms with E-state index in [-0.39, 0.29) is 11.9 Å². The van der Waals surface area contributed by atoms with Crippen molar-refractivity contribution in [2.24, 2.45) is 10.9 Å². The van der Waals surface area contributed by atoms with E-state index in [0.29, 0.717) is 12.5 Å². The molecule has 0 amide bonds. The first-order valence-electron chi connectivity index (χ1n) is 5.28. The van der Waals surface area contributed by atoms with Crippen LogP contribution in [0.25, 0.3) is 0 Å². The van der Waals surface area contributed by atoms with Gasteiger partial charge < -0.3 is 10.9 Å². The van der Waals surface area contributed by atoms with Gasteiger partial charge in [-0.15, -0.1) is 11.3 Å². The monoisotopic (exact) mass is 241 g/mol. The summed E-state index contributed by atoms with van der Waals surface area (Å²) in [5, 5.41) is 13.6. The Balaban J connectivity index is 2.60. The van der Waals surface area contributed by atoms with Crippen molar-refractivity contribution in [3.63, 3.8) is 0 Å². The zero-order chi connectivity index (χ0) is 12.1. The van der Waals surface area contributed by atoms with Gasteiger partial charge in [0.05, 0.1) is 0 Å². The van der Waals surface area contributed by atoms with Crippen LogP contribution >= 0.6 is 11.3 Å². The van der Waals surface area contributed by atoms with Crippen LogP contribution in [0.15, 0.2) is 22.7 Å². The lowest BCUT2D eigenvalue weighted by Gasteiger charge is -2.29. The zero-order valence-corrected chi connectivity index (χ0v) is 10.7. The molecule has 16 heavy (non-hydrogen) atoms. The first-order valence-corrected chi connectivity index (χ1v) is 6.16. The predicted octanol–water partition coefficient (Wildman–Crippen LogP) is 2.27. The van der Waals surface area contributed by atoms with E-state index in [0.717, 1.165) is 0 Å². The van der Waals surface area contributed by atoms with Gasteiger partial charge >= 0.3 is 0 Å². The molecular weight excluding hydrogens is 222 g/mol. The summed E-state index contributed by atoms with van der Waals surface area (Å²) in [4.78, 5) is 3.55. The second kappa shape index (κ2) is 5.86. The lowest BCUT2D eigenvalue weighted by atomic mass is 10.1. The Bertz CT molecular complexity index is 337. The molecule has 0 aliphatic rings. The topological polar surface area (TPSA) is 61.9 Å². The Morgan fingerprint density at radius 1 is 1.62 bits per heavy atom. The minimum absolute atomic E-state index is 0.244. The fourth-order valence-electron chi connectivity index (χ4n) is 1.60. The average molecular weight is 241 g/mol. The maximum atomic E-state index is 8.53. The summed E-state index contributed by atoms with van der Waals surface area (Å²) in [7, 11) is 2.06. The third-order valence-electron chi connectivity index (χ3n) is 2.89. The summed E-state index contributed by atoms with van der Waals surface area (Å²) in [5.41, 5.74) is 5.51. The van der Waals surface area contributed by atoms with Crippen molar-refractivity contribution in [1.82, 2.24) is 4.90 Å². The van der Waals surface area contributed by atoms with Crippen molar-refractivity contribution >= 4 is 17.2 Å². The number of nitrogens with zero attached hydrogens (tertiary/aromatic N) is 2. The quantitative estimate of drug-likeness (QED) is 0.360. The van der Waals surface area contributed by atoms with Crippen molar-refractivity contribution < 1.29 is 5.21 Å². The number of amidine groups is 1. The Kier molecular flexibility index (Phi) is 4.76. The molecular formula is C11H19N3OS. The van der Waals surface area contributed by atoms with E-state index in [1.54, 1.807) is 11.3 Å². The molecule has 2 atom stereocenters. The van der Waals surface area contributed by atoms with Crippen molar-refractivity contribution in [2.75, 3.05) is 7.05 Å². The molecule has 1 heterocycles. The molecule has 0 bridgehead atoms. The van der Waals surface area contributed by atoms with E-state index in [2.05, 4.69) is 48.5 Å². The van der Waals surface area contributed by atoms with Gasteiger partial charge in [0, 0.05) is 23.4 Å². The molecule has 0 spiro atoms. The smallest absolute Gasteiger partial charge is 0.140 e. The minimum atomic E-state index is 0.244. The van der Waals surface area contributed by atoms with Crippen LogP contribution in [-0.2, 0) is 0 Å². The summed E-state index contributed by atoms with van der Waals surface area (Å²) >= 11 is 1.75. The Hall–Kier alpha value is -1.07. The second-order valence-electron chi connectivity index (χ2n) is 4.00. The molecule has 1 aromatic rings. The van der Waals surface area contributed by atoms with Gasteiger partial charge in [0.15, 0.2) is 0 Å². The van der Waals surface area contributed by atoms with Crippen LogP contribution < -0.4 is 5.73 Å². The third kappa shape index (κ3) is 3.21. The van der Waals surface area contributed by atoms with Gasteiger partial charge in [-0.1, -0.05) is 11.2 Å². The SMILES string of the molecule is CC(CC(N)=NO)N(C)C(C)c1cccs1. The van der Waals surface area contributed by atoms with E-state index in [1.807, 2.05) is 0 Å². The van der Waals surface area contributed by atoms with Crippen LogP contribution in [0.1, 0.15) is 31.2 Å². The fourth-order valence-corrected chi connectivity index (χ4v) is 2.43. The number of nitrogens with two attached hydrogens (primary N) is 1. The van der Waals surface area contributed by atoms with E-state index in [4.69, 9.17) is 10.9 Å². The summed E-state index contributed by atoms with van der Waals surface area (Å²) in [6.07, 6.45) is 0.572. The van der Waals surface area contributed by atoms with Crippen LogP contribution in [0.4, 0.5) is 0 Å². The van der Waals surface area contributed by atoms with Gasteiger partial charge in [-0.3, -0.25) is 4.90 Å². The highest BCUT2D eigenvalue weighted by Crippen LogP contribution is 2.25. The predicted molar refractivity (Wildman–Crippen MR) is 68.0 cm³/mol. The van der Waals surface area contributed by atoms with Crippen LogP contribution in [0.2, 0.25) is 0 Å². The summed E-state index contributed by atoms with van der Waals surface area (Å²) < 4.78 is 0. The van der Waals surface area contributed by atoms with Gasteiger partial charge in [0.25, 0.3) is 0 Å². The van der Waals surface area contributed by atoms with Crippen molar-refractivity contribution in [2.45, 2.75) is 32.4 Å². The number of hydrogen-bond acceptors (Lipinski definition) is 4. The minimum Gasteiger partial charge on any atom is -0.409 e. The molecule has 0 aromatic carbocycles. The molecule has 90 valence electrons. The van der Waals surface area contributed by atoms with E-state index in [9.17, 15) is 0 Å². The molecule has 1 aromatic heterocycles. The standard InChI is InChI=1S/C11H19N3OS/c1-8(7-11(12)13-15)14(3)9(2)10-5-4-6-16-10/h4-6,8-9,15H,7H2,1-3H3,(H2,12,13). The summed E-state index contributed by atoms with van der Waals surface area (Å²) in [6.45, 7) is 4.23. The molecule has 0 fully saturated rings. The molecule has 5 heteroatoms. The molecule has 1 rings (SSSR count). The first-order chi connectivity index (χ1) is 7.56. The molecule has 2 unspecified atom stereocenters. The Morgan fingerprint density at radius 2 is 2.31 bits per heavy atom. The van der Waals surface area contributed by atoms with Crippen LogP contribution in [-0.4, -0.2) is 29.0 Å². The lowest BCUT2D eigenvalue weighted by molar-refractivity contribution is 0.202. The largest absolute Gasteiger partial charge is 0.409 e. The lowest BCUT2D eigenvalue weighted by Crippen LogP contribution is -2.34. The molecule has 0 saturated carbocycles. The van der Waals surface area contributed by atoms with Gasteiger partial charge in [0.2, 0.25) is 0 Å². The third-order valence-corrected chi connectivity index (χ3v) is 3.94. The van der Waals surface area contributed by atoms with Crippen LogP contribution in [0, 0.1) is 0 Å². The van der Waals surface area contributed by atoms with Crippen molar-refractivity contribution in [3.05, 3.63) is 22.4 Å². The Morgan fingerprint density at radius 3 is 2.81 bits per heavy atom. The zero-order valence-electron chi connectivity index (χ0n) is 9.92. The van der Waals surface area contributed by atoms with Gasteiger partial charge in [-0.2, -0.15) is 0 Å². The highest BCUT2D eigenvalue weighted by Gasteiger charge is 2.18. The Labute approximate surface area is 100 Å². The molecule has 0 saturated heterocycles. The maximum absolute atomic E-state index is 8.53.